The molecule has 0 aliphatic heterocycles. The predicted octanol–water partition coefficient (Wildman–Crippen LogP) is 3.51. The van der Waals surface area contributed by atoms with E-state index in [4.69, 9.17) is 4.42 Å². The van der Waals surface area contributed by atoms with Crippen molar-refractivity contribution in [2.75, 3.05) is 0 Å². The molecule has 0 radical (unpaired) electrons. The molecule has 0 unspecified atom stereocenters. The van der Waals surface area contributed by atoms with E-state index in [1.54, 1.807) is 12.3 Å². The van der Waals surface area contributed by atoms with Gasteiger partial charge in [-0.15, -0.1) is 0 Å². The molecule has 0 fully saturated rings. The molecule has 0 saturated carbocycles. The largest absolute Gasteiger partial charge is 1.00 e. The number of aromatic amines is 1. The molecule has 1 N–H and O–H groups in total. The number of oxazole rings is 1. The Bertz CT molecular complexity index is 1860. The fraction of sp³-hybridized carbons (Fsp3) is 0. The van der Waals surface area contributed by atoms with Gasteiger partial charge in [-0.05, 0) is 74.8 Å². The molecule has 0 saturated heterocycles. The Kier molecular flexibility index (Phi) is 5.07. The van der Waals surface area contributed by atoms with Gasteiger partial charge >= 0.3 is 18.9 Å². The zero-order valence-corrected chi connectivity index (χ0v) is 19.1. The fourth-order valence-electron chi connectivity index (χ4n) is 4.91. The van der Waals surface area contributed by atoms with Crippen molar-refractivity contribution >= 4 is 43.5 Å². The number of rotatable bonds is 2. The van der Waals surface area contributed by atoms with Crippen LogP contribution < -0.4 is 29.0 Å². The molecule has 0 amide bonds. The van der Waals surface area contributed by atoms with E-state index in [1.807, 2.05) is 42.5 Å². The minimum atomic E-state index is -0.0119. The summed E-state index contributed by atoms with van der Waals surface area (Å²) in [7, 11) is 0. The Labute approximate surface area is 213 Å². The molecule has 5 heteroatoms. The number of fused-ring (bicyclic) bond motifs is 4. The van der Waals surface area contributed by atoms with E-state index in [0.717, 1.165) is 54.7 Å². The van der Waals surface area contributed by atoms with Crippen LogP contribution in [0.4, 0.5) is 0 Å². The van der Waals surface area contributed by atoms with Gasteiger partial charge in [-0.3, -0.25) is 0 Å². The van der Waals surface area contributed by atoms with Crippen LogP contribution in [0.15, 0.2) is 108 Å². The van der Waals surface area contributed by atoms with Gasteiger partial charge in [0.15, 0.2) is 11.8 Å². The second-order valence-electron chi connectivity index (χ2n) is 8.47. The van der Waals surface area contributed by atoms with Crippen molar-refractivity contribution in [1.29, 1.82) is 0 Å². The Morgan fingerprint density at radius 1 is 0.714 bits per heavy atom. The van der Waals surface area contributed by atoms with Crippen LogP contribution in [0.5, 0.6) is 5.75 Å². The average Bonchev–Trinajstić information content (AvgIpc) is 3.32. The number of H-pyrrole nitrogens is 1. The van der Waals surface area contributed by atoms with Crippen molar-refractivity contribution in [2.45, 2.75) is 0 Å². The van der Waals surface area contributed by atoms with Crippen molar-refractivity contribution in [3.05, 3.63) is 103 Å². The molecule has 2 heterocycles. The van der Waals surface area contributed by atoms with Gasteiger partial charge in [-0.2, -0.15) is 0 Å². The van der Waals surface area contributed by atoms with Crippen LogP contribution in [0.2, 0.25) is 0 Å². The topological polar surface area (TPSA) is 63.2 Å². The summed E-state index contributed by atoms with van der Waals surface area (Å²) in [5.74, 6) is 0.593. The molecule has 0 aliphatic carbocycles. The third-order valence-corrected chi connectivity index (χ3v) is 6.47. The molecule has 0 bridgehead atoms. The van der Waals surface area contributed by atoms with Gasteiger partial charge in [-0.25, -0.2) is 9.97 Å². The van der Waals surface area contributed by atoms with Crippen molar-refractivity contribution in [3.8, 4) is 28.3 Å². The Morgan fingerprint density at radius 3 is 2.43 bits per heavy atom. The number of hydrogen-bond donors (Lipinski definition) is 0. The molecule has 0 atom stereocenters. The average molecular weight is 445 g/mol. The predicted molar refractivity (Wildman–Crippen MR) is 133 cm³/mol. The second kappa shape index (κ2) is 8.28. The molecule has 0 spiro atoms. The molecule has 4 nitrogen and oxygen atoms in total. The molecule has 2 aromatic heterocycles. The van der Waals surface area contributed by atoms with Gasteiger partial charge < -0.3 is 9.52 Å². The molecule has 0 aliphatic rings. The number of hydrogen-bond acceptors (Lipinski definition) is 3. The van der Waals surface area contributed by atoms with Gasteiger partial charge in [-0.1, -0.05) is 54.6 Å². The number of nitrogens with one attached hydrogen (secondary N) is 1. The summed E-state index contributed by atoms with van der Waals surface area (Å²) in [4.78, 5) is 7.81. The van der Waals surface area contributed by atoms with Crippen molar-refractivity contribution in [1.82, 2.24) is 4.98 Å². The molecular weight excluding hydrogens is 427 g/mol. The smallest absolute Gasteiger partial charge is 0.868 e. The van der Waals surface area contributed by atoms with Gasteiger partial charge in [0.25, 0.3) is 0 Å². The summed E-state index contributed by atoms with van der Waals surface area (Å²) in [6.07, 6.45) is 1.79. The van der Waals surface area contributed by atoms with Crippen LogP contribution in [0.3, 0.4) is 0 Å². The quantitative estimate of drug-likeness (QED) is 0.302. The minimum Gasteiger partial charge on any atom is -0.868 e. The van der Waals surface area contributed by atoms with Crippen LogP contribution in [-0.2, 0) is 0 Å². The van der Waals surface area contributed by atoms with Gasteiger partial charge in [0.2, 0.25) is 11.4 Å². The summed E-state index contributed by atoms with van der Waals surface area (Å²) < 4.78 is 6.03. The summed E-state index contributed by atoms with van der Waals surface area (Å²) in [5.41, 5.74) is 5.31. The molecule has 160 valence electrons. The summed E-state index contributed by atoms with van der Waals surface area (Å²) in [6, 6.07) is 32.2. The first-order valence-corrected chi connectivity index (χ1v) is 11.2. The zero-order valence-electron chi connectivity index (χ0n) is 19.1. The maximum atomic E-state index is 12.5. The molecule has 7 rings (SSSR count). The maximum absolute atomic E-state index is 12.5. The first-order chi connectivity index (χ1) is 16.8. The van der Waals surface area contributed by atoms with E-state index in [9.17, 15) is 5.11 Å². The molecular formula is C30H18LiN2O2+. The summed E-state index contributed by atoms with van der Waals surface area (Å²) in [5, 5.41) is 17.9. The van der Waals surface area contributed by atoms with E-state index >= 15 is 0 Å². The van der Waals surface area contributed by atoms with Crippen LogP contribution >= 0.6 is 0 Å². The molecule has 5 aromatic carbocycles. The van der Waals surface area contributed by atoms with Crippen LogP contribution in [-0.4, -0.2) is 4.98 Å². The third-order valence-electron chi connectivity index (χ3n) is 6.47. The number of benzene rings is 5. The summed E-state index contributed by atoms with van der Waals surface area (Å²) >= 11 is 0. The second-order valence-corrected chi connectivity index (χ2v) is 8.47. The Hall–Kier alpha value is -4.10. The van der Waals surface area contributed by atoms with Crippen molar-refractivity contribution in [3.63, 3.8) is 0 Å². The molecule has 35 heavy (non-hydrogen) atoms. The van der Waals surface area contributed by atoms with Gasteiger partial charge in [0.05, 0.1) is 5.39 Å². The number of aromatic nitrogens is 2. The minimum absolute atomic E-state index is 0. The maximum Gasteiger partial charge on any atom is 1.00 e. The zero-order chi connectivity index (χ0) is 22.6. The first-order valence-electron chi connectivity index (χ1n) is 11.2. The monoisotopic (exact) mass is 445 g/mol. The fourth-order valence-corrected chi connectivity index (χ4v) is 4.91. The van der Waals surface area contributed by atoms with Gasteiger partial charge in [0, 0.05) is 11.6 Å². The first kappa shape index (κ1) is 21.4. The number of nitrogens with zero attached hydrogens (tertiary/aromatic N) is 1. The van der Waals surface area contributed by atoms with Gasteiger partial charge in [0.1, 0.15) is 5.52 Å². The van der Waals surface area contributed by atoms with E-state index in [2.05, 4.69) is 58.5 Å². The van der Waals surface area contributed by atoms with E-state index in [-0.39, 0.29) is 24.6 Å². The van der Waals surface area contributed by atoms with E-state index in [1.165, 1.54) is 0 Å². The number of para-hydroxylation sites is 2. The number of pyridine rings is 1. The Morgan fingerprint density at radius 2 is 1.51 bits per heavy atom. The van der Waals surface area contributed by atoms with Crippen LogP contribution in [0.25, 0.3) is 66.1 Å². The van der Waals surface area contributed by atoms with E-state index < -0.39 is 0 Å². The van der Waals surface area contributed by atoms with Crippen LogP contribution in [0, 0.1) is 0 Å². The van der Waals surface area contributed by atoms with Crippen LogP contribution in [0.1, 0.15) is 0 Å². The molecule has 7 aromatic rings. The standard InChI is InChI=1S/C30H18N2O2.Li/c33-26-14-13-23(24-8-5-15-31-29(24)26)28-21-7-2-1-6-18(21)16-20-17-19(11-12-22(20)28)30-32-25-9-3-4-10-27(25)34-30;/h1-17,33H;/q;+1. The van der Waals surface area contributed by atoms with Crippen molar-refractivity contribution < 1.29 is 33.4 Å². The Balaban J connectivity index is 0.00000229. The van der Waals surface area contributed by atoms with Crippen molar-refractivity contribution in [2.24, 2.45) is 0 Å². The summed E-state index contributed by atoms with van der Waals surface area (Å²) in [6.45, 7) is 0. The SMILES string of the molecule is [Li+].[O-]c1ccc(-c2c3ccccc3cc3cc(-c4nc5ccccc5o4)ccc23)c2ccc[nH+]c12. The normalized spacial score (nSPS) is 11.3. The third kappa shape index (κ3) is 3.39. The van der Waals surface area contributed by atoms with E-state index in [0.29, 0.717) is 11.4 Å².